The van der Waals surface area contributed by atoms with Gasteiger partial charge in [-0.1, -0.05) is 13.8 Å². The van der Waals surface area contributed by atoms with Crippen LogP contribution in [0.15, 0.2) is 0 Å². The van der Waals surface area contributed by atoms with Crippen molar-refractivity contribution in [2.24, 2.45) is 11.8 Å². The monoisotopic (exact) mass is 302 g/mol. The fourth-order valence-corrected chi connectivity index (χ4v) is 2.81. The molecule has 1 saturated carbocycles. The maximum absolute atomic E-state index is 12.1. The van der Waals surface area contributed by atoms with Crippen molar-refractivity contribution in [1.82, 2.24) is 0 Å². The summed E-state index contributed by atoms with van der Waals surface area (Å²) in [5.74, 6) is 0.706. The highest BCUT2D eigenvalue weighted by molar-refractivity contribution is 7.80. The largest absolute Gasteiger partial charge is 0.462 e. The van der Waals surface area contributed by atoms with Crippen molar-refractivity contribution in [3.05, 3.63) is 0 Å². The van der Waals surface area contributed by atoms with Crippen LogP contribution in [0.4, 0.5) is 0 Å². The van der Waals surface area contributed by atoms with Crippen molar-refractivity contribution in [3.63, 3.8) is 0 Å². The van der Waals surface area contributed by atoms with Gasteiger partial charge in [0.2, 0.25) is 0 Å². The van der Waals surface area contributed by atoms with Gasteiger partial charge in [-0.25, -0.2) is 0 Å². The van der Waals surface area contributed by atoms with E-state index in [1.165, 1.54) is 0 Å². The fourth-order valence-electron chi connectivity index (χ4n) is 2.63. The molecular formula is C16H30O3S. The summed E-state index contributed by atoms with van der Waals surface area (Å²) in [7, 11) is 0. The third-order valence-corrected chi connectivity index (χ3v) is 3.99. The Morgan fingerprint density at radius 1 is 1.10 bits per heavy atom. The molecule has 0 N–H and O–H groups in total. The maximum atomic E-state index is 12.1. The molecule has 0 aromatic rings. The van der Waals surface area contributed by atoms with Crippen molar-refractivity contribution >= 4 is 18.6 Å². The standard InChI is InChI=1S/C16H30O3S/c1-11(2)5-6-12(3)18-16(17)14-7-9-15(10-8-14)19-13(4)20/h11-15,20H,5-10H2,1-4H3. The summed E-state index contributed by atoms with van der Waals surface area (Å²) in [5.41, 5.74) is -0.0282. The van der Waals surface area contributed by atoms with Gasteiger partial charge in [0.25, 0.3) is 0 Å². The second-order valence-electron chi connectivity index (χ2n) is 6.43. The van der Waals surface area contributed by atoms with E-state index in [1.54, 1.807) is 0 Å². The molecular weight excluding hydrogens is 272 g/mol. The first-order valence-corrected chi connectivity index (χ1v) is 8.44. The minimum Gasteiger partial charge on any atom is -0.462 e. The van der Waals surface area contributed by atoms with Crippen molar-refractivity contribution in [2.45, 2.75) is 83.9 Å². The Morgan fingerprint density at radius 3 is 2.20 bits per heavy atom. The summed E-state index contributed by atoms with van der Waals surface area (Å²) in [5, 5.41) is 0. The van der Waals surface area contributed by atoms with Crippen LogP contribution >= 0.6 is 12.6 Å². The number of carbonyl (C=O) groups excluding carboxylic acids is 1. The smallest absolute Gasteiger partial charge is 0.309 e. The van der Waals surface area contributed by atoms with Crippen LogP contribution in [0.5, 0.6) is 0 Å². The van der Waals surface area contributed by atoms with Gasteiger partial charge in [-0.3, -0.25) is 4.79 Å². The van der Waals surface area contributed by atoms with Gasteiger partial charge >= 0.3 is 5.97 Å². The highest BCUT2D eigenvalue weighted by Gasteiger charge is 2.29. The Bertz CT molecular complexity index is 283. The van der Waals surface area contributed by atoms with E-state index in [0.717, 1.165) is 38.5 Å². The number of rotatable bonds is 7. The first kappa shape index (κ1) is 17.8. The third kappa shape index (κ3) is 6.98. The van der Waals surface area contributed by atoms with Gasteiger partial charge in [0, 0.05) is 0 Å². The minimum absolute atomic E-state index is 0.0152. The number of hydrogen-bond acceptors (Lipinski definition) is 4. The molecule has 0 heterocycles. The molecule has 0 aromatic heterocycles. The van der Waals surface area contributed by atoms with E-state index in [2.05, 4.69) is 26.5 Å². The molecule has 0 aromatic carbocycles. The molecule has 4 heteroatoms. The zero-order valence-corrected chi connectivity index (χ0v) is 14.2. The van der Waals surface area contributed by atoms with Crippen LogP contribution in [-0.4, -0.2) is 23.6 Å². The molecule has 1 rings (SSSR count). The van der Waals surface area contributed by atoms with Crippen molar-refractivity contribution < 1.29 is 14.3 Å². The molecule has 0 amide bonds. The van der Waals surface area contributed by atoms with E-state index in [0.29, 0.717) is 5.92 Å². The minimum atomic E-state index is -0.0282. The SMILES string of the molecule is CC(C)CCC(C)OC(=O)C1CCC(OC(C)S)CC1. The topological polar surface area (TPSA) is 35.5 Å². The number of ether oxygens (including phenoxy) is 2. The van der Waals surface area contributed by atoms with Crippen LogP contribution in [0, 0.1) is 11.8 Å². The lowest BCUT2D eigenvalue weighted by molar-refractivity contribution is -0.155. The quantitative estimate of drug-likeness (QED) is 0.435. The van der Waals surface area contributed by atoms with Crippen molar-refractivity contribution in [1.29, 1.82) is 0 Å². The van der Waals surface area contributed by atoms with Crippen LogP contribution in [0.2, 0.25) is 0 Å². The van der Waals surface area contributed by atoms with E-state index in [9.17, 15) is 4.79 Å². The molecule has 2 atom stereocenters. The van der Waals surface area contributed by atoms with E-state index in [-0.39, 0.29) is 29.5 Å². The zero-order chi connectivity index (χ0) is 15.1. The molecule has 2 unspecified atom stereocenters. The maximum Gasteiger partial charge on any atom is 0.309 e. The van der Waals surface area contributed by atoms with Gasteiger partial charge < -0.3 is 9.47 Å². The number of esters is 1. The highest BCUT2D eigenvalue weighted by atomic mass is 32.1. The Labute approximate surface area is 129 Å². The molecule has 0 saturated heterocycles. The van der Waals surface area contributed by atoms with E-state index >= 15 is 0 Å². The molecule has 0 spiro atoms. The van der Waals surface area contributed by atoms with Gasteiger partial charge in [-0.15, -0.1) is 12.6 Å². The lowest BCUT2D eigenvalue weighted by Gasteiger charge is -2.29. The summed E-state index contributed by atoms with van der Waals surface area (Å²) >= 11 is 4.24. The summed E-state index contributed by atoms with van der Waals surface area (Å²) in [6, 6.07) is 0. The van der Waals surface area contributed by atoms with E-state index in [4.69, 9.17) is 9.47 Å². The van der Waals surface area contributed by atoms with Gasteiger partial charge in [-0.2, -0.15) is 0 Å². The Kier molecular flexibility index (Phi) is 7.96. The fraction of sp³-hybridized carbons (Fsp3) is 0.938. The van der Waals surface area contributed by atoms with Crippen LogP contribution < -0.4 is 0 Å². The first-order chi connectivity index (χ1) is 9.38. The molecule has 1 aliphatic rings. The summed E-state index contributed by atoms with van der Waals surface area (Å²) in [6.45, 7) is 8.31. The normalized spacial score (nSPS) is 26.3. The van der Waals surface area contributed by atoms with Crippen molar-refractivity contribution in [2.75, 3.05) is 0 Å². The molecule has 1 fully saturated rings. The molecule has 0 bridgehead atoms. The van der Waals surface area contributed by atoms with E-state index < -0.39 is 0 Å². The van der Waals surface area contributed by atoms with Crippen LogP contribution in [-0.2, 0) is 14.3 Å². The zero-order valence-electron chi connectivity index (χ0n) is 13.3. The van der Waals surface area contributed by atoms with Gasteiger partial charge in [0.05, 0.1) is 23.6 Å². The van der Waals surface area contributed by atoms with Gasteiger partial charge in [-0.05, 0) is 58.3 Å². The van der Waals surface area contributed by atoms with Crippen LogP contribution in [0.3, 0.4) is 0 Å². The lowest BCUT2D eigenvalue weighted by atomic mass is 9.87. The molecule has 118 valence electrons. The second kappa shape index (κ2) is 8.93. The predicted octanol–water partition coefficient (Wildman–Crippen LogP) is 4.21. The summed E-state index contributed by atoms with van der Waals surface area (Å²) < 4.78 is 11.2. The number of hydrogen-bond donors (Lipinski definition) is 1. The summed E-state index contributed by atoms with van der Waals surface area (Å²) in [4.78, 5) is 12.1. The lowest BCUT2D eigenvalue weighted by Crippen LogP contribution is -2.30. The van der Waals surface area contributed by atoms with Gasteiger partial charge in [0.1, 0.15) is 0 Å². The van der Waals surface area contributed by atoms with Gasteiger partial charge in [0.15, 0.2) is 0 Å². The Balaban J connectivity index is 2.25. The average Bonchev–Trinajstić information content (AvgIpc) is 2.36. The average molecular weight is 302 g/mol. The predicted molar refractivity (Wildman–Crippen MR) is 84.9 cm³/mol. The Hall–Kier alpha value is -0.220. The number of carbonyl (C=O) groups is 1. The van der Waals surface area contributed by atoms with E-state index in [1.807, 2.05) is 13.8 Å². The highest BCUT2D eigenvalue weighted by Crippen LogP contribution is 2.28. The third-order valence-electron chi connectivity index (χ3n) is 3.86. The van der Waals surface area contributed by atoms with Crippen LogP contribution in [0.25, 0.3) is 0 Å². The second-order valence-corrected chi connectivity index (χ2v) is 7.15. The first-order valence-electron chi connectivity index (χ1n) is 7.92. The Morgan fingerprint density at radius 2 is 1.70 bits per heavy atom. The summed E-state index contributed by atoms with van der Waals surface area (Å²) in [6.07, 6.45) is 5.98. The molecule has 3 nitrogen and oxygen atoms in total. The molecule has 1 aliphatic carbocycles. The molecule has 20 heavy (non-hydrogen) atoms. The molecule has 0 aliphatic heterocycles. The van der Waals surface area contributed by atoms with Crippen LogP contribution in [0.1, 0.15) is 66.2 Å². The number of thiol groups is 1. The molecule has 0 radical (unpaired) electrons. The van der Waals surface area contributed by atoms with Crippen molar-refractivity contribution in [3.8, 4) is 0 Å².